The normalized spacial score (nSPS) is 15.3. The van der Waals surface area contributed by atoms with Crippen molar-refractivity contribution in [1.82, 2.24) is 9.97 Å². The zero-order valence-corrected chi connectivity index (χ0v) is 14.0. The maximum absolute atomic E-state index is 9.52. The second-order valence-electron chi connectivity index (χ2n) is 6.63. The molecule has 0 saturated heterocycles. The molecular formula is C18H24N4O2. The molecule has 1 aliphatic rings. The molecule has 4 N–H and O–H groups in total. The van der Waals surface area contributed by atoms with Crippen LogP contribution in [0.25, 0.3) is 0 Å². The Morgan fingerprint density at radius 1 is 1.17 bits per heavy atom. The molecule has 1 aromatic heterocycles. The minimum absolute atomic E-state index is 0.0371. The fraction of sp³-hybridized carbons (Fsp3) is 0.444. The molecule has 1 fully saturated rings. The minimum Gasteiger partial charge on any atom is -0.508 e. The van der Waals surface area contributed by atoms with Gasteiger partial charge in [0, 0.05) is 17.7 Å². The number of anilines is 3. The smallest absolute Gasteiger partial charge is 0.225 e. The molecule has 24 heavy (non-hydrogen) atoms. The summed E-state index contributed by atoms with van der Waals surface area (Å²) in [4.78, 5) is 9.13. The molecule has 1 heterocycles. The highest BCUT2D eigenvalue weighted by atomic mass is 16.3. The molecule has 0 bridgehead atoms. The second kappa shape index (κ2) is 7.05. The SMILES string of the molecule is CC(C)[C@@H](CO)Nc1nc(Nc2ccc(O)cc2)cc(C2CC2)n1. The van der Waals surface area contributed by atoms with Gasteiger partial charge < -0.3 is 20.8 Å². The van der Waals surface area contributed by atoms with Crippen LogP contribution in [0.3, 0.4) is 0 Å². The van der Waals surface area contributed by atoms with E-state index in [0.717, 1.165) is 24.2 Å². The lowest BCUT2D eigenvalue weighted by Gasteiger charge is -2.20. The van der Waals surface area contributed by atoms with Crippen LogP contribution in [0, 0.1) is 5.92 Å². The van der Waals surface area contributed by atoms with Gasteiger partial charge in [-0.05, 0) is 43.0 Å². The number of phenols is 1. The predicted molar refractivity (Wildman–Crippen MR) is 94.7 cm³/mol. The van der Waals surface area contributed by atoms with Gasteiger partial charge in [0.2, 0.25) is 5.95 Å². The maximum Gasteiger partial charge on any atom is 0.225 e. The van der Waals surface area contributed by atoms with Gasteiger partial charge in [-0.3, -0.25) is 0 Å². The summed E-state index contributed by atoms with van der Waals surface area (Å²) in [5, 5.41) is 25.4. The first kappa shape index (κ1) is 16.5. The number of aromatic nitrogens is 2. The Balaban J connectivity index is 1.83. The number of aromatic hydroxyl groups is 1. The highest BCUT2D eigenvalue weighted by Crippen LogP contribution is 2.40. The zero-order valence-electron chi connectivity index (χ0n) is 14.0. The summed E-state index contributed by atoms with van der Waals surface area (Å²) in [6.45, 7) is 4.14. The molecule has 2 aromatic rings. The van der Waals surface area contributed by atoms with Crippen LogP contribution in [-0.2, 0) is 0 Å². The largest absolute Gasteiger partial charge is 0.508 e. The molecule has 3 rings (SSSR count). The van der Waals surface area contributed by atoms with Crippen LogP contribution in [0.15, 0.2) is 30.3 Å². The molecule has 6 nitrogen and oxygen atoms in total. The van der Waals surface area contributed by atoms with E-state index < -0.39 is 0 Å². The molecule has 1 aromatic carbocycles. The van der Waals surface area contributed by atoms with E-state index in [1.165, 1.54) is 0 Å². The molecule has 0 amide bonds. The Labute approximate surface area is 142 Å². The fourth-order valence-corrected chi connectivity index (χ4v) is 2.46. The average molecular weight is 328 g/mol. The summed E-state index contributed by atoms with van der Waals surface area (Å²) in [5.41, 5.74) is 1.87. The summed E-state index contributed by atoms with van der Waals surface area (Å²) in [6.07, 6.45) is 2.31. The third-order valence-electron chi connectivity index (χ3n) is 4.20. The molecule has 1 saturated carbocycles. The average Bonchev–Trinajstić information content (AvgIpc) is 3.39. The summed E-state index contributed by atoms with van der Waals surface area (Å²) in [6, 6.07) is 8.74. The number of benzene rings is 1. The van der Waals surface area contributed by atoms with E-state index in [2.05, 4.69) is 20.6 Å². The van der Waals surface area contributed by atoms with Crippen LogP contribution < -0.4 is 10.6 Å². The molecule has 128 valence electrons. The third kappa shape index (κ3) is 4.14. The Morgan fingerprint density at radius 2 is 1.88 bits per heavy atom. The number of rotatable bonds is 7. The summed E-state index contributed by atoms with van der Waals surface area (Å²) < 4.78 is 0. The standard InChI is InChI=1S/C18H24N4O2/c1-11(2)16(10-23)21-18-20-15(12-3-4-12)9-17(22-18)19-13-5-7-14(24)8-6-13/h5-9,11-12,16,23-24H,3-4,10H2,1-2H3,(H2,19,20,21,22)/t16-/m1/s1. The van der Waals surface area contributed by atoms with Crippen LogP contribution in [0.4, 0.5) is 17.5 Å². The third-order valence-corrected chi connectivity index (χ3v) is 4.20. The number of nitrogens with one attached hydrogen (secondary N) is 2. The van der Waals surface area contributed by atoms with Gasteiger partial charge in [-0.15, -0.1) is 0 Å². The Morgan fingerprint density at radius 3 is 2.46 bits per heavy atom. The first-order valence-electron chi connectivity index (χ1n) is 8.37. The minimum atomic E-state index is -0.0824. The van der Waals surface area contributed by atoms with Gasteiger partial charge in [0.25, 0.3) is 0 Å². The van der Waals surface area contributed by atoms with Crippen LogP contribution in [0.1, 0.15) is 38.3 Å². The van der Waals surface area contributed by atoms with Crippen LogP contribution in [0.5, 0.6) is 5.75 Å². The van der Waals surface area contributed by atoms with Crippen molar-refractivity contribution < 1.29 is 10.2 Å². The van der Waals surface area contributed by atoms with Gasteiger partial charge >= 0.3 is 0 Å². The molecular weight excluding hydrogens is 304 g/mol. The summed E-state index contributed by atoms with van der Waals surface area (Å²) >= 11 is 0. The molecule has 6 heteroatoms. The van der Waals surface area contributed by atoms with Crippen LogP contribution in [-0.4, -0.2) is 32.8 Å². The van der Waals surface area contributed by atoms with E-state index >= 15 is 0 Å². The first-order chi connectivity index (χ1) is 11.5. The Hall–Kier alpha value is -2.34. The van der Waals surface area contributed by atoms with Crippen LogP contribution >= 0.6 is 0 Å². The molecule has 0 radical (unpaired) electrons. The second-order valence-corrected chi connectivity index (χ2v) is 6.63. The van der Waals surface area contributed by atoms with E-state index in [1.54, 1.807) is 24.3 Å². The molecule has 0 spiro atoms. The Kier molecular flexibility index (Phi) is 4.85. The quantitative estimate of drug-likeness (QED) is 0.583. The molecule has 1 aliphatic carbocycles. The molecule has 1 atom stereocenters. The summed E-state index contributed by atoms with van der Waals surface area (Å²) in [7, 11) is 0. The van der Waals surface area contributed by atoms with E-state index in [9.17, 15) is 10.2 Å². The van der Waals surface area contributed by atoms with Crippen molar-refractivity contribution in [3.63, 3.8) is 0 Å². The first-order valence-corrected chi connectivity index (χ1v) is 8.37. The lowest BCUT2D eigenvalue weighted by atomic mass is 10.1. The van der Waals surface area contributed by atoms with Gasteiger partial charge in [0.05, 0.1) is 18.3 Å². The van der Waals surface area contributed by atoms with Crippen molar-refractivity contribution in [3.05, 3.63) is 36.0 Å². The fourth-order valence-electron chi connectivity index (χ4n) is 2.46. The molecule has 0 unspecified atom stereocenters. The topological polar surface area (TPSA) is 90.3 Å². The van der Waals surface area contributed by atoms with Crippen molar-refractivity contribution in [2.75, 3.05) is 17.2 Å². The molecule has 0 aliphatic heterocycles. The van der Waals surface area contributed by atoms with Crippen molar-refractivity contribution in [2.45, 2.75) is 38.6 Å². The number of phenolic OH excluding ortho intramolecular Hbond substituents is 1. The van der Waals surface area contributed by atoms with E-state index in [4.69, 9.17) is 0 Å². The van der Waals surface area contributed by atoms with E-state index in [1.807, 2.05) is 19.9 Å². The van der Waals surface area contributed by atoms with Crippen molar-refractivity contribution >= 4 is 17.5 Å². The number of nitrogens with zero attached hydrogens (tertiary/aromatic N) is 2. The number of aliphatic hydroxyl groups excluding tert-OH is 1. The number of aliphatic hydroxyl groups is 1. The highest BCUT2D eigenvalue weighted by Gasteiger charge is 2.26. The number of hydrogen-bond acceptors (Lipinski definition) is 6. The van der Waals surface area contributed by atoms with Crippen molar-refractivity contribution in [1.29, 1.82) is 0 Å². The van der Waals surface area contributed by atoms with Crippen molar-refractivity contribution in [2.24, 2.45) is 5.92 Å². The van der Waals surface area contributed by atoms with Gasteiger partial charge in [0.15, 0.2) is 0 Å². The maximum atomic E-state index is 9.52. The lowest BCUT2D eigenvalue weighted by Crippen LogP contribution is -2.30. The highest BCUT2D eigenvalue weighted by molar-refractivity contribution is 5.58. The predicted octanol–water partition coefficient (Wildman–Crippen LogP) is 3.23. The van der Waals surface area contributed by atoms with E-state index in [-0.39, 0.29) is 24.3 Å². The van der Waals surface area contributed by atoms with Gasteiger partial charge in [-0.1, -0.05) is 13.8 Å². The van der Waals surface area contributed by atoms with Crippen molar-refractivity contribution in [3.8, 4) is 5.75 Å². The number of hydrogen-bond donors (Lipinski definition) is 4. The lowest BCUT2D eigenvalue weighted by molar-refractivity contribution is 0.248. The summed E-state index contributed by atoms with van der Waals surface area (Å²) in [5.74, 6) is 2.25. The Bertz CT molecular complexity index is 684. The van der Waals surface area contributed by atoms with Gasteiger partial charge in [0.1, 0.15) is 11.6 Å². The monoisotopic (exact) mass is 328 g/mol. The van der Waals surface area contributed by atoms with Crippen LogP contribution in [0.2, 0.25) is 0 Å². The van der Waals surface area contributed by atoms with Gasteiger partial charge in [-0.2, -0.15) is 4.98 Å². The zero-order chi connectivity index (χ0) is 17.1. The van der Waals surface area contributed by atoms with Gasteiger partial charge in [-0.25, -0.2) is 4.98 Å². The van der Waals surface area contributed by atoms with E-state index in [0.29, 0.717) is 17.7 Å².